The van der Waals surface area contributed by atoms with Gasteiger partial charge in [-0.2, -0.15) is 5.10 Å². The highest BCUT2D eigenvalue weighted by Gasteiger charge is 2.13. The van der Waals surface area contributed by atoms with Crippen molar-refractivity contribution in [3.8, 4) is 11.4 Å². The first-order valence-electron chi connectivity index (χ1n) is 14.3. The van der Waals surface area contributed by atoms with E-state index in [1.165, 1.54) is 30.5 Å². The number of ether oxygens (including phenoxy) is 1. The van der Waals surface area contributed by atoms with E-state index in [9.17, 15) is 14.0 Å². The second-order valence-corrected chi connectivity index (χ2v) is 10.5. The Kier molecular flexibility index (Phi) is 8.28. The van der Waals surface area contributed by atoms with E-state index in [2.05, 4.69) is 46.4 Å². The molecule has 0 aliphatic carbocycles. The van der Waals surface area contributed by atoms with Crippen LogP contribution in [0.2, 0.25) is 0 Å². The van der Waals surface area contributed by atoms with Crippen molar-refractivity contribution in [1.29, 1.82) is 0 Å². The number of rotatable bonds is 10. The Bertz CT molecular complexity index is 1980. The molecule has 0 radical (unpaired) electrons. The van der Waals surface area contributed by atoms with Crippen molar-refractivity contribution in [1.82, 2.24) is 14.6 Å². The Morgan fingerprint density at radius 1 is 0.911 bits per heavy atom. The van der Waals surface area contributed by atoms with E-state index in [1.54, 1.807) is 22.9 Å². The van der Waals surface area contributed by atoms with Gasteiger partial charge in [0.2, 0.25) is 5.91 Å². The Labute approximate surface area is 258 Å². The van der Waals surface area contributed by atoms with Crippen LogP contribution in [0, 0.1) is 19.7 Å². The van der Waals surface area contributed by atoms with Crippen LogP contribution in [0.15, 0.2) is 113 Å². The molecule has 0 saturated carbocycles. The van der Waals surface area contributed by atoms with Crippen molar-refractivity contribution in [2.24, 2.45) is 5.10 Å². The van der Waals surface area contributed by atoms with Crippen LogP contribution in [0.3, 0.4) is 0 Å². The number of para-hydroxylation sites is 1. The summed E-state index contributed by atoms with van der Waals surface area (Å²) in [6, 6.07) is 28.3. The van der Waals surface area contributed by atoms with Crippen LogP contribution in [-0.4, -0.2) is 27.2 Å². The Hall–Kier alpha value is -5.90. The number of nitrogens with zero attached hydrogens (tertiary/aromatic N) is 3. The van der Waals surface area contributed by atoms with Gasteiger partial charge in [0, 0.05) is 45.4 Å². The van der Waals surface area contributed by atoms with E-state index in [0.29, 0.717) is 22.8 Å². The maximum absolute atomic E-state index is 13.2. The number of nitrogens with one attached hydrogen (secondary N) is 2. The number of hydrogen-bond acceptors (Lipinski definition) is 5. The molecule has 226 valence electrons. The summed E-state index contributed by atoms with van der Waals surface area (Å²) in [5.41, 5.74) is 7.88. The zero-order valence-corrected chi connectivity index (χ0v) is 24.7. The van der Waals surface area contributed by atoms with Gasteiger partial charge >= 0.3 is 5.91 Å². The third-order valence-electron chi connectivity index (χ3n) is 7.26. The second kappa shape index (κ2) is 12.8. The predicted octanol–water partition coefficient (Wildman–Crippen LogP) is 6.76. The number of carbonyl (C=O) groups is 2. The summed E-state index contributed by atoms with van der Waals surface area (Å²) in [6.45, 7) is 4.32. The van der Waals surface area contributed by atoms with Crippen LogP contribution < -0.4 is 15.5 Å². The summed E-state index contributed by atoms with van der Waals surface area (Å²) in [5, 5.41) is 7.73. The summed E-state index contributed by atoms with van der Waals surface area (Å²) in [6.07, 6.45) is 3.29. The largest absolute Gasteiger partial charge is 0.486 e. The van der Waals surface area contributed by atoms with Crippen molar-refractivity contribution in [3.05, 3.63) is 138 Å². The first-order chi connectivity index (χ1) is 21.8. The number of halogens is 1. The van der Waals surface area contributed by atoms with Gasteiger partial charge in [0.1, 0.15) is 30.5 Å². The number of hydrazone groups is 1. The highest BCUT2D eigenvalue weighted by atomic mass is 19.1. The van der Waals surface area contributed by atoms with Crippen LogP contribution in [0.4, 0.5) is 10.1 Å². The van der Waals surface area contributed by atoms with Gasteiger partial charge in [-0.05, 0) is 92.7 Å². The van der Waals surface area contributed by atoms with Gasteiger partial charge in [0.15, 0.2) is 5.76 Å². The molecule has 3 aromatic heterocycles. The Morgan fingerprint density at radius 2 is 1.64 bits per heavy atom. The number of anilines is 1. The molecule has 0 fully saturated rings. The molecular weight excluding hydrogens is 573 g/mol. The molecule has 2 amide bonds. The van der Waals surface area contributed by atoms with Crippen molar-refractivity contribution >= 4 is 34.6 Å². The van der Waals surface area contributed by atoms with Crippen LogP contribution in [0.1, 0.15) is 33.3 Å². The minimum atomic E-state index is -0.512. The number of furan rings is 1. The first kappa shape index (κ1) is 29.2. The quantitative estimate of drug-likeness (QED) is 0.133. The molecule has 0 unspecified atom stereocenters. The summed E-state index contributed by atoms with van der Waals surface area (Å²) in [7, 11) is 0. The fourth-order valence-electron chi connectivity index (χ4n) is 5.11. The van der Waals surface area contributed by atoms with E-state index in [1.807, 2.05) is 48.5 Å². The lowest BCUT2D eigenvalue weighted by Crippen LogP contribution is -2.18. The van der Waals surface area contributed by atoms with Gasteiger partial charge in [-0.15, -0.1) is 0 Å². The smallest absolute Gasteiger partial charge is 0.307 e. The number of aryl methyl sites for hydroxylation is 2. The van der Waals surface area contributed by atoms with Crippen molar-refractivity contribution in [2.75, 3.05) is 5.32 Å². The first-order valence-corrected chi connectivity index (χ1v) is 14.3. The number of hydrogen-bond donors (Lipinski definition) is 2. The standard InChI is InChI=1S/C35H30FN5O4/c1-23-7-8-24(2)41(23)28-13-15-29(16-14-28)44-22-30-17-18-33(45-30)35(43)39-37-19-25-20-40(32-6-4-3-5-31(25)32)21-34(42)38-27-11-9-26(36)10-12-27/h3-20H,21-22H2,1-2H3,(H,38,42)(H,39,43)/b37-19+. The summed E-state index contributed by atoms with van der Waals surface area (Å²) < 4.78 is 28.7. The zero-order chi connectivity index (χ0) is 31.3. The maximum atomic E-state index is 13.2. The molecule has 3 heterocycles. The number of amides is 2. The molecule has 0 aliphatic heterocycles. The SMILES string of the molecule is Cc1ccc(C)n1-c1ccc(OCc2ccc(C(=O)N/N=C/c3cn(CC(=O)Nc4ccc(F)cc4)c4ccccc34)o2)cc1. The molecule has 3 aromatic carbocycles. The molecule has 6 rings (SSSR count). The van der Waals surface area contributed by atoms with Crippen molar-refractivity contribution in [3.63, 3.8) is 0 Å². The number of aromatic nitrogens is 2. The molecule has 0 aliphatic rings. The summed E-state index contributed by atoms with van der Waals surface area (Å²) >= 11 is 0. The monoisotopic (exact) mass is 603 g/mol. The third kappa shape index (κ3) is 6.70. The van der Waals surface area contributed by atoms with Crippen LogP contribution >= 0.6 is 0 Å². The minimum absolute atomic E-state index is 0.0337. The molecule has 2 N–H and O–H groups in total. The Balaban J connectivity index is 1.05. The predicted molar refractivity (Wildman–Crippen MR) is 170 cm³/mol. The fourth-order valence-corrected chi connectivity index (χ4v) is 5.11. The molecule has 0 atom stereocenters. The lowest BCUT2D eigenvalue weighted by Gasteiger charge is -2.10. The highest BCUT2D eigenvalue weighted by Crippen LogP contribution is 2.22. The fraction of sp³-hybridized carbons (Fsp3) is 0.114. The zero-order valence-electron chi connectivity index (χ0n) is 24.7. The van der Waals surface area contributed by atoms with Crippen molar-refractivity contribution in [2.45, 2.75) is 27.0 Å². The van der Waals surface area contributed by atoms with E-state index < -0.39 is 5.91 Å². The van der Waals surface area contributed by atoms with Gasteiger partial charge < -0.3 is 23.6 Å². The Morgan fingerprint density at radius 3 is 2.40 bits per heavy atom. The van der Waals surface area contributed by atoms with Gasteiger partial charge in [0.05, 0.1) is 6.21 Å². The average Bonchev–Trinajstić information content (AvgIpc) is 3.75. The molecule has 0 bridgehead atoms. The minimum Gasteiger partial charge on any atom is -0.486 e. The maximum Gasteiger partial charge on any atom is 0.307 e. The average molecular weight is 604 g/mol. The van der Waals surface area contributed by atoms with Crippen molar-refractivity contribution < 1.29 is 23.1 Å². The van der Waals surface area contributed by atoms with Crippen LogP contribution in [0.5, 0.6) is 5.75 Å². The van der Waals surface area contributed by atoms with Crippen LogP contribution in [0.25, 0.3) is 16.6 Å². The molecule has 0 spiro atoms. The summed E-state index contributed by atoms with van der Waals surface area (Å²) in [4.78, 5) is 25.3. The second-order valence-electron chi connectivity index (χ2n) is 10.5. The van der Waals surface area contributed by atoms with Gasteiger partial charge in [0.25, 0.3) is 0 Å². The van der Waals surface area contributed by atoms with Crippen LogP contribution in [-0.2, 0) is 17.9 Å². The van der Waals surface area contributed by atoms with E-state index in [4.69, 9.17) is 9.15 Å². The molecule has 10 heteroatoms. The number of carbonyl (C=O) groups excluding carboxylic acids is 2. The van der Waals surface area contributed by atoms with Gasteiger partial charge in [-0.3, -0.25) is 9.59 Å². The lowest BCUT2D eigenvalue weighted by atomic mass is 10.2. The molecule has 9 nitrogen and oxygen atoms in total. The molecule has 45 heavy (non-hydrogen) atoms. The topological polar surface area (TPSA) is 103 Å². The lowest BCUT2D eigenvalue weighted by molar-refractivity contribution is -0.116. The van der Waals surface area contributed by atoms with E-state index in [0.717, 1.165) is 28.0 Å². The van der Waals surface area contributed by atoms with Gasteiger partial charge in [-0.25, -0.2) is 9.82 Å². The van der Waals surface area contributed by atoms with Gasteiger partial charge in [-0.1, -0.05) is 18.2 Å². The van der Waals surface area contributed by atoms with E-state index in [-0.39, 0.29) is 30.6 Å². The van der Waals surface area contributed by atoms with E-state index >= 15 is 0 Å². The molecule has 0 saturated heterocycles. The number of fused-ring (bicyclic) bond motifs is 1. The summed E-state index contributed by atoms with van der Waals surface area (Å²) in [5.74, 6) is 0.114. The molecular formula is C35H30FN5O4. The number of benzene rings is 3. The third-order valence-corrected chi connectivity index (χ3v) is 7.26. The highest BCUT2D eigenvalue weighted by molar-refractivity contribution is 6.01. The molecule has 6 aromatic rings. The normalized spacial score (nSPS) is 11.3.